The van der Waals surface area contributed by atoms with Crippen LogP contribution in [0, 0.1) is 14.9 Å². The highest BCUT2D eigenvalue weighted by Gasteiger charge is 2.34. The van der Waals surface area contributed by atoms with Gasteiger partial charge in [0.25, 0.3) is 0 Å². The maximum atomic E-state index is 12.4. The predicted molar refractivity (Wildman–Crippen MR) is 56.1 cm³/mol. The van der Waals surface area contributed by atoms with Crippen molar-refractivity contribution in [2.24, 2.45) is 0 Å². The van der Waals surface area contributed by atoms with Gasteiger partial charge in [-0.25, -0.2) is 0 Å². The lowest BCUT2D eigenvalue weighted by Gasteiger charge is -2.10. The van der Waals surface area contributed by atoms with Gasteiger partial charge in [0, 0.05) is 8.47 Å². The van der Waals surface area contributed by atoms with Crippen LogP contribution in [-0.2, 0) is 6.18 Å². The Hall–Kier alpha value is -0.420. The molecule has 1 aromatic rings. The summed E-state index contributed by atoms with van der Waals surface area (Å²) >= 11 is 5.57. The van der Waals surface area contributed by atoms with Crippen LogP contribution in [-0.4, -0.2) is 0 Å². The number of thiol groups is 1. The van der Waals surface area contributed by atoms with Crippen LogP contribution < -0.4 is 0 Å². The maximum absolute atomic E-state index is 12.4. The molecule has 74 valence electrons. The lowest BCUT2D eigenvalue weighted by molar-refractivity contribution is -0.138. The average molecular weight is 329 g/mol. The lowest BCUT2D eigenvalue weighted by Crippen LogP contribution is -2.08. The standard InChI is InChI=1S/C8H3F3INS/c9-8(10,11)6-1-4(12)2-7(14)5(6)3-13/h1-2,14H. The molecule has 0 unspecified atom stereocenters. The summed E-state index contributed by atoms with van der Waals surface area (Å²) in [6.07, 6.45) is -4.51. The molecule has 0 heterocycles. The predicted octanol–water partition coefficient (Wildman–Crippen LogP) is 3.47. The van der Waals surface area contributed by atoms with E-state index in [0.29, 0.717) is 3.57 Å². The maximum Gasteiger partial charge on any atom is 0.417 e. The van der Waals surface area contributed by atoms with Crippen molar-refractivity contribution in [2.45, 2.75) is 11.1 Å². The van der Waals surface area contributed by atoms with E-state index in [2.05, 4.69) is 12.6 Å². The Bertz CT molecular complexity index is 408. The fraction of sp³-hybridized carbons (Fsp3) is 0.125. The molecule has 6 heteroatoms. The molecule has 0 aliphatic carbocycles. The van der Waals surface area contributed by atoms with E-state index < -0.39 is 17.3 Å². The molecule has 0 saturated heterocycles. The molecule has 0 aliphatic rings. The second kappa shape index (κ2) is 3.98. The monoisotopic (exact) mass is 329 g/mol. The van der Waals surface area contributed by atoms with Gasteiger partial charge in [0.15, 0.2) is 0 Å². The van der Waals surface area contributed by atoms with Crippen LogP contribution >= 0.6 is 35.2 Å². The normalized spacial score (nSPS) is 11.1. The summed E-state index contributed by atoms with van der Waals surface area (Å²) in [6, 6.07) is 3.84. The van der Waals surface area contributed by atoms with Gasteiger partial charge in [-0.2, -0.15) is 18.4 Å². The van der Waals surface area contributed by atoms with Crippen molar-refractivity contribution >= 4 is 35.2 Å². The molecule has 0 fully saturated rings. The van der Waals surface area contributed by atoms with Crippen LogP contribution in [0.3, 0.4) is 0 Å². The molecule has 1 rings (SSSR count). The number of halogens is 4. The topological polar surface area (TPSA) is 23.8 Å². The Morgan fingerprint density at radius 2 is 1.93 bits per heavy atom. The van der Waals surface area contributed by atoms with E-state index >= 15 is 0 Å². The third-order valence-electron chi connectivity index (χ3n) is 1.50. The molecule has 0 saturated carbocycles. The summed E-state index contributed by atoms with van der Waals surface area (Å²) in [4.78, 5) is 0.0479. The second-order valence-corrected chi connectivity index (χ2v) is 4.18. The van der Waals surface area contributed by atoms with Gasteiger partial charge in [0.05, 0.1) is 11.1 Å². The number of alkyl halides is 3. The minimum Gasteiger partial charge on any atom is -0.192 e. The molecule has 0 amide bonds. The Labute approximate surface area is 97.5 Å². The summed E-state index contributed by atoms with van der Waals surface area (Å²) < 4.78 is 37.6. The van der Waals surface area contributed by atoms with E-state index in [9.17, 15) is 13.2 Å². The molecule has 0 aromatic heterocycles. The van der Waals surface area contributed by atoms with Gasteiger partial charge in [0.1, 0.15) is 6.07 Å². The van der Waals surface area contributed by atoms with Crippen LogP contribution in [0.4, 0.5) is 13.2 Å². The largest absolute Gasteiger partial charge is 0.417 e. The highest BCUT2D eigenvalue weighted by atomic mass is 127. The van der Waals surface area contributed by atoms with Crippen LogP contribution in [0.2, 0.25) is 0 Å². The zero-order chi connectivity index (χ0) is 10.9. The van der Waals surface area contributed by atoms with Gasteiger partial charge in [-0.15, -0.1) is 12.6 Å². The molecule has 0 atom stereocenters. The van der Waals surface area contributed by atoms with Crippen molar-refractivity contribution in [3.05, 3.63) is 26.8 Å². The Morgan fingerprint density at radius 3 is 2.36 bits per heavy atom. The van der Waals surface area contributed by atoms with Crippen molar-refractivity contribution < 1.29 is 13.2 Å². The molecule has 1 nitrogen and oxygen atoms in total. The fourth-order valence-electron chi connectivity index (χ4n) is 0.934. The number of hydrogen-bond acceptors (Lipinski definition) is 2. The third kappa shape index (κ3) is 2.33. The molecule has 0 bridgehead atoms. The first-order valence-electron chi connectivity index (χ1n) is 3.36. The highest BCUT2D eigenvalue weighted by molar-refractivity contribution is 14.1. The lowest BCUT2D eigenvalue weighted by atomic mass is 10.1. The summed E-state index contributed by atoms with van der Waals surface area (Å²) in [5, 5.41) is 8.55. The Balaban J connectivity index is 3.50. The first kappa shape index (κ1) is 11.7. The SMILES string of the molecule is N#Cc1c(S)cc(I)cc1C(F)(F)F. The number of rotatable bonds is 0. The van der Waals surface area contributed by atoms with Gasteiger partial charge in [0.2, 0.25) is 0 Å². The van der Waals surface area contributed by atoms with Gasteiger partial charge in [-0.3, -0.25) is 0 Å². The van der Waals surface area contributed by atoms with E-state index in [1.807, 2.05) is 0 Å². The van der Waals surface area contributed by atoms with Crippen LogP contribution in [0.25, 0.3) is 0 Å². The number of hydrogen-bond donors (Lipinski definition) is 1. The van der Waals surface area contributed by atoms with E-state index in [4.69, 9.17) is 5.26 Å². The molecule has 14 heavy (non-hydrogen) atoms. The van der Waals surface area contributed by atoms with Gasteiger partial charge >= 0.3 is 6.18 Å². The molecule has 0 aliphatic heterocycles. The van der Waals surface area contributed by atoms with E-state index in [0.717, 1.165) is 6.07 Å². The third-order valence-corrected chi connectivity index (χ3v) is 2.48. The Kier molecular flexibility index (Phi) is 3.32. The minimum atomic E-state index is -4.51. The van der Waals surface area contributed by atoms with Crippen molar-refractivity contribution in [2.75, 3.05) is 0 Å². The van der Waals surface area contributed by atoms with Crippen LogP contribution in [0.5, 0.6) is 0 Å². The Morgan fingerprint density at radius 1 is 1.36 bits per heavy atom. The number of nitriles is 1. The number of benzene rings is 1. The zero-order valence-corrected chi connectivity index (χ0v) is 9.61. The first-order chi connectivity index (χ1) is 6.36. The van der Waals surface area contributed by atoms with E-state index in [-0.39, 0.29) is 4.90 Å². The van der Waals surface area contributed by atoms with Gasteiger partial charge < -0.3 is 0 Å². The van der Waals surface area contributed by atoms with Crippen molar-refractivity contribution in [1.82, 2.24) is 0 Å². The summed E-state index contributed by atoms with van der Waals surface area (Å²) in [5.74, 6) is 0. The first-order valence-corrected chi connectivity index (χ1v) is 4.88. The molecule has 0 N–H and O–H groups in total. The molecular weight excluding hydrogens is 326 g/mol. The highest BCUT2D eigenvalue weighted by Crippen LogP contribution is 2.35. The molecular formula is C8H3F3INS. The molecule has 0 radical (unpaired) electrons. The second-order valence-electron chi connectivity index (χ2n) is 2.46. The summed E-state index contributed by atoms with van der Waals surface area (Å²) in [7, 11) is 0. The number of nitrogens with zero attached hydrogens (tertiary/aromatic N) is 1. The van der Waals surface area contributed by atoms with Crippen molar-refractivity contribution in [1.29, 1.82) is 5.26 Å². The van der Waals surface area contributed by atoms with Crippen LogP contribution in [0.1, 0.15) is 11.1 Å². The van der Waals surface area contributed by atoms with Crippen molar-refractivity contribution in [3.8, 4) is 6.07 Å². The molecule has 1 aromatic carbocycles. The van der Waals surface area contributed by atoms with Crippen molar-refractivity contribution in [3.63, 3.8) is 0 Å². The summed E-state index contributed by atoms with van der Waals surface area (Å²) in [6.45, 7) is 0. The molecule has 0 spiro atoms. The minimum absolute atomic E-state index is 0.0479. The van der Waals surface area contributed by atoms with Gasteiger partial charge in [-0.05, 0) is 34.7 Å². The van der Waals surface area contributed by atoms with E-state index in [1.54, 1.807) is 22.6 Å². The zero-order valence-electron chi connectivity index (χ0n) is 6.56. The van der Waals surface area contributed by atoms with Gasteiger partial charge in [-0.1, -0.05) is 0 Å². The summed E-state index contributed by atoms with van der Waals surface area (Å²) in [5.41, 5.74) is -1.36. The quantitative estimate of drug-likeness (QED) is 0.572. The van der Waals surface area contributed by atoms with E-state index in [1.165, 1.54) is 12.1 Å². The average Bonchev–Trinajstić information content (AvgIpc) is 2.01. The fourth-order valence-corrected chi connectivity index (χ4v) is 2.11. The van der Waals surface area contributed by atoms with Crippen LogP contribution in [0.15, 0.2) is 17.0 Å². The smallest absolute Gasteiger partial charge is 0.192 e.